The normalized spacial score (nSPS) is 21.4. The molecule has 3 atom stereocenters. The first kappa shape index (κ1) is 20.4. The molecule has 0 aromatic heterocycles. The van der Waals surface area contributed by atoms with E-state index in [1.54, 1.807) is 12.1 Å². The van der Waals surface area contributed by atoms with Gasteiger partial charge in [-0.15, -0.1) is 12.4 Å². The summed E-state index contributed by atoms with van der Waals surface area (Å²) >= 11 is 0. The van der Waals surface area contributed by atoms with Crippen molar-refractivity contribution < 1.29 is 14.7 Å². The maximum atomic E-state index is 11.8. The van der Waals surface area contributed by atoms with Crippen molar-refractivity contribution in [2.45, 2.75) is 56.1 Å². The number of nitrogens with two attached hydrogens (primary N) is 3. The van der Waals surface area contributed by atoms with Gasteiger partial charge in [-0.3, -0.25) is 9.59 Å². The number of hydrogen-bond acceptors (Lipinski definition) is 4. The molecule has 1 saturated carbocycles. The van der Waals surface area contributed by atoms with E-state index in [0.29, 0.717) is 37.2 Å². The van der Waals surface area contributed by atoms with Crippen LogP contribution in [0.1, 0.15) is 55.6 Å². The molecule has 0 saturated heterocycles. The van der Waals surface area contributed by atoms with Crippen LogP contribution in [0.5, 0.6) is 0 Å². The van der Waals surface area contributed by atoms with Crippen molar-refractivity contribution in [2.75, 3.05) is 0 Å². The Kier molecular flexibility index (Phi) is 7.20. The molecule has 2 amide bonds. The van der Waals surface area contributed by atoms with Crippen LogP contribution in [0.4, 0.5) is 0 Å². The third-order valence-corrected chi connectivity index (χ3v) is 4.53. The molecule has 0 spiro atoms. The standard InChI is InChI=1S/C17H25N3O3.ClH/c18-14-10-13(14)11-5-7-12(8-6-11)17(23,16(20)22)9-3-1-2-4-15(19)21;/h5-8,13-14,23H,1-4,9-10,18H2,(H2,19,21)(H2,20,22);1H. The zero-order chi connectivity index (χ0) is 17.0. The molecule has 0 radical (unpaired) electrons. The highest BCUT2D eigenvalue weighted by Gasteiger charge is 2.37. The highest BCUT2D eigenvalue weighted by atomic mass is 35.5. The number of carbonyl (C=O) groups excluding carboxylic acids is 2. The van der Waals surface area contributed by atoms with Gasteiger partial charge in [0.1, 0.15) is 0 Å². The summed E-state index contributed by atoms with van der Waals surface area (Å²) in [6, 6.07) is 7.49. The van der Waals surface area contributed by atoms with Gasteiger partial charge in [0.05, 0.1) is 0 Å². The second-order valence-electron chi connectivity index (χ2n) is 6.38. The van der Waals surface area contributed by atoms with Gasteiger partial charge >= 0.3 is 0 Å². The van der Waals surface area contributed by atoms with Gasteiger partial charge < -0.3 is 22.3 Å². The Hall–Kier alpha value is -1.63. The first-order valence-corrected chi connectivity index (χ1v) is 8.01. The smallest absolute Gasteiger partial charge is 0.254 e. The second kappa shape index (κ2) is 8.46. The Morgan fingerprint density at radius 3 is 2.17 bits per heavy atom. The summed E-state index contributed by atoms with van der Waals surface area (Å²) in [6.45, 7) is 0. The summed E-state index contributed by atoms with van der Waals surface area (Å²) in [5.41, 5.74) is 16.3. The van der Waals surface area contributed by atoms with E-state index < -0.39 is 11.5 Å². The maximum Gasteiger partial charge on any atom is 0.254 e. The molecule has 2 rings (SSSR count). The van der Waals surface area contributed by atoms with E-state index in [0.717, 1.165) is 12.0 Å². The van der Waals surface area contributed by atoms with Crippen molar-refractivity contribution in [3.05, 3.63) is 35.4 Å². The second-order valence-corrected chi connectivity index (χ2v) is 6.38. The van der Waals surface area contributed by atoms with Crippen molar-refractivity contribution in [3.63, 3.8) is 0 Å². The Balaban J connectivity index is 0.00000288. The Morgan fingerprint density at radius 1 is 1.12 bits per heavy atom. The number of aliphatic hydroxyl groups is 1. The van der Waals surface area contributed by atoms with Crippen molar-refractivity contribution in [1.29, 1.82) is 0 Å². The summed E-state index contributed by atoms with van der Waals surface area (Å²) in [7, 11) is 0. The minimum absolute atomic E-state index is 0. The van der Waals surface area contributed by atoms with Crippen LogP contribution in [0.15, 0.2) is 24.3 Å². The molecule has 7 heteroatoms. The zero-order valence-corrected chi connectivity index (χ0v) is 14.4. The fourth-order valence-corrected chi connectivity index (χ4v) is 2.87. The van der Waals surface area contributed by atoms with Gasteiger partial charge in [0.2, 0.25) is 5.91 Å². The summed E-state index contributed by atoms with van der Waals surface area (Å²) in [6.07, 6.45) is 3.44. The van der Waals surface area contributed by atoms with Crippen LogP contribution in [0.3, 0.4) is 0 Å². The fraction of sp³-hybridized carbons (Fsp3) is 0.529. The molecule has 24 heavy (non-hydrogen) atoms. The first-order valence-electron chi connectivity index (χ1n) is 8.01. The number of hydrogen-bond donors (Lipinski definition) is 4. The van der Waals surface area contributed by atoms with Gasteiger partial charge in [-0.1, -0.05) is 30.7 Å². The molecule has 7 N–H and O–H groups in total. The molecule has 0 aliphatic heterocycles. The van der Waals surface area contributed by atoms with Gasteiger partial charge in [-0.25, -0.2) is 0 Å². The Labute approximate surface area is 148 Å². The minimum Gasteiger partial charge on any atom is -0.375 e. The van der Waals surface area contributed by atoms with Crippen LogP contribution in [0.2, 0.25) is 0 Å². The lowest BCUT2D eigenvalue weighted by molar-refractivity contribution is -0.138. The van der Waals surface area contributed by atoms with Crippen molar-refractivity contribution >= 4 is 24.2 Å². The quantitative estimate of drug-likeness (QED) is 0.492. The van der Waals surface area contributed by atoms with Crippen molar-refractivity contribution in [2.24, 2.45) is 17.2 Å². The number of halogens is 1. The predicted octanol–water partition coefficient (Wildman–Crippen LogP) is 1.03. The number of carbonyl (C=O) groups is 2. The molecule has 0 heterocycles. The first-order chi connectivity index (χ1) is 10.8. The molecule has 1 fully saturated rings. The number of primary amides is 2. The van der Waals surface area contributed by atoms with E-state index in [9.17, 15) is 14.7 Å². The Morgan fingerprint density at radius 2 is 1.71 bits per heavy atom. The van der Waals surface area contributed by atoms with Crippen LogP contribution in [-0.4, -0.2) is 23.0 Å². The topological polar surface area (TPSA) is 132 Å². The van der Waals surface area contributed by atoms with E-state index in [1.807, 2.05) is 12.1 Å². The van der Waals surface area contributed by atoms with E-state index >= 15 is 0 Å². The maximum absolute atomic E-state index is 11.8. The molecule has 3 unspecified atom stereocenters. The summed E-state index contributed by atoms with van der Waals surface area (Å²) in [5, 5.41) is 10.7. The SMILES string of the molecule is Cl.NC(=O)CCCCCC(O)(C(N)=O)c1ccc(C2CC2N)cc1. The molecule has 1 aromatic rings. The number of amides is 2. The average molecular weight is 356 g/mol. The third-order valence-electron chi connectivity index (χ3n) is 4.53. The van der Waals surface area contributed by atoms with Gasteiger partial charge in [0, 0.05) is 18.4 Å². The van der Waals surface area contributed by atoms with E-state index in [1.165, 1.54) is 0 Å². The highest BCUT2D eigenvalue weighted by molar-refractivity contribution is 5.85. The van der Waals surface area contributed by atoms with Crippen LogP contribution < -0.4 is 17.2 Å². The van der Waals surface area contributed by atoms with E-state index in [-0.39, 0.29) is 30.8 Å². The third kappa shape index (κ3) is 4.93. The van der Waals surface area contributed by atoms with Crippen LogP contribution >= 0.6 is 12.4 Å². The van der Waals surface area contributed by atoms with E-state index in [2.05, 4.69) is 0 Å². The van der Waals surface area contributed by atoms with E-state index in [4.69, 9.17) is 17.2 Å². The summed E-state index contributed by atoms with van der Waals surface area (Å²) < 4.78 is 0. The van der Waals surface area contributed by atoms with Crippen molar-refractivity contribution in [3.8, 4) is 0 Å². The van der Waals surface area contributed by atoms with Gasteiger partial charge in [-0.05, 0) is 36.8 Å². The molecule has 1 aromatic carbocycles. The fourth-order valence-electron chi connectivity index (χ4n) is 2.87. The van der Waals surface area contributed by atoms with Crippen LogP contribution in [-0.2, 0) is 15.2 Å². The molecule has 0 bridgehead atoms. The number of rotatable bonds is 9. The molecular weight excluding hydrogens is 330 g/mol. The summed E-state index contributed by atoms with van der Waals surface area (Å²) in [4.78, 5) is 22.4. The molecule has 1 aliphatic rings. The largest absolute Gasteiger partial charge is 0.375 e. The number of benzene rings is 1. The molecule has 6 nitrogen and oxygen atoms in total. The lowest BCUT2D eigenvalue weighted by Crippen LogP contribution is -2.41. The van der Waals surface area contributed by atoms with Gasteiger partial charge in [0.15, 0.2) is 5.60 Å². The minimum atomic E-state index is -1.68. The number of unbranched alkanes of at least 4 members (excludes halogenated alkanes) is 2. The van der Waals surface area contributed by atoms with Gasteiger partial charge in [0.25, 0.3) is 5.91 Å². The van der Waals surface area contributed by atoms with Crippen LogP contribution in [0.25, 0.3) is 0 Å². The Bertz CT molecular complexity index is 579. The predicted molar refractivity (Wildman–Crippen MR) is 94.4 cm³/mol. The van der Waals surface area contributed by atoms with Crippen LogP contribution in [0, 0.1) is 0 Å². The monoisotopic (exact) mass is 355 g/mol. The zero-order valence-electron chi connectivity index (χ0n) is 13.6. The molecule has 1 aliphatic carbocycles. The summed E-state index contributed by atoms with van der Waals surface area (Å²) in [5.74, 6) is -0.730. The highest BCUT2D eigenvalue weighted by Crippen LogP contribution is 2.39. The van der Waals surface area contributed by atoms with Crippen molar-refractivity contribution in [1.82, 2.24) is 0 Å². The molecular formula is C17H26ClN3O3. The lowest BCUT2D eigenvalue weighted by atomic mass is 9.86. The lowest BCUT2D eigenvalue weighted by Gasteiger charge is -2.25. The van der Waals surface area contributed by atoms with Gasteiger partial charge in [-0.2, -0.15) is 0 Å². The molecule has 134 valence electrons. The average Bonchev–Trinajstić information content (AvgIpc) is 3.23.